The third-order valence-electron chi connectivity index (χ3n) is 2.63. The molecule has 0 spiro atoms. The average Bonchev–Trinajstić information content (AvgIpc) is 2.89. The van der Waals surface area contributed by atoms with Gasteiger partial charge in [-0.2, -0.15) is 0 Å². The van der Waals surface area contributed by atoms with Crippen molar-refractivity contribution >= 4 is 11.3 Å². The van der Waals surface area contributed by atoms with Gasteiger partial charge in [0.05, 0.1) is 0 Å². The van der Waals surface area contributed by atoms with Crippen LogP contribution in [0.2, 0.25) is 0 Å². The summed E-state index contributed by atoms with van der Waals surface area (Å²) in [5.74, 6) is 0.711. The number of thiophene rings is 1. The number of rotatable bonds is 5. The fourth-order valence-electron chi connectivity index (χ4n) is 1.54. The fraction of sp³-hybridized carbons (Fsp3) is 0.308. The molecule has 0 radical (unpaired) electrons. The third-order valence-corrected chi connectivity index (χ3v) is 3.48. The van der Waals surface area contributed by atoms with Gasteiger partial charge in [0.2, 0.25) is 5.88 Å². The zero-order valence-electron chi connectivity index (χ0n) is 10.0. The minimum atomic E-state index is 0.238. The molecule has 2 aromatic rings. The molecule has 0 saturated heterocycles. The predicted molar refractivity (Wildman–Crippen MR) is 70.4 cm³/mol. The first-order chi connectivity index (χ1) is 8.31. The minimum Gasteiger partial charge on any atom is -0.472 e. The highest BCUT2D eigenvalue weighted by atomic mass is 32.1. The topological polar surface area (TPSA) is 34.2 Å². The summed E-state index contributed by atoms with van der Waals surface area (Å²) in [6.07, 6.45) is 1.76. The van der Waals surface area contributed by atoms with Crippen LogP contribution in [-0.2, 0) is 6.61 Å². The molecule has 2 aromatic heterocycles. The Bertz CT molecular complexity index is 456. The molecule has 4 heteroatoms. The lowest BCUT2D eigenvalue weighted by Gasteiger charge is -2.14. The van der Waals surface area contributed by atoms with E-state index in [0.717, 1.165) is 5.56 Å². The molecule has 0 fully saturated rings. The summed E-state index contributed by atoms with van der Waals surface area (Å²) in [4.78, 5) is 5.50. The maximum absolute atomic E-state index is 5.76. The van der Waals surface area contributed by atoms with Gasteiger partial charge in [0.1, 0.15) is 6.61 Å². The lowest BCUT2D eigenvalue weighted by atomic mass is 10.1. The highest BCUT2D eigenvalue weighted by Gasteiger charge is 2.10. The van der Waals surface area contributed by atoms with Crippen LogP contribution in [0.15, 0.2) is 35.8 Å². The van der Waals surface area contributed by atoms with Gasteiger partial charge in [0.15, 0.2) is 0 Å². The lowest BCUT2D eigenvalue weighted by Crippen LogP contribution is -2.14. The van der Waals surface area contributed by atoms with Gasteiger partial charge in [-0.15, -0.1) is 11.3 Å². The Morgan fingerprint density at radius 2 is 2.29 bits per heavy atom. The number of hydrogen-bond acceptors (Lipinski definition) is 4. The average molecular weight is 248 g/mol. The summed E-state index contributed by atoms with van der Waals surface area (Å²) in [6.45, 7) is 2.67. The zero-order valence-corrected chi connectivity index (χ0v) is 10.8. The highest BCUT2D eigenvalue weighted by Crippen LogP contribution is 2.23. The second kappa shape index (κ2) is 5.80. The molecule has 1 atom stereocenters. The van der Waals surface area contributed by atoms with E-state index in [2.05, 4.69) is 23.3 Å². The molecule has 0 aromatic carbocycles. The Morgan fingerprint density at radius 3 is 3.00 bits per heavy atom. The molecule has 3 nitrogen and oxygen atoms in total. The van der Waals surface area contributed by atoms with E-state index in [-0.39, 0.29) is 6.04 Å². The van der Waals surface area contributed by atoms with E-state index in [1.54, 1.807) is 17.5 Å². The van der Waals surface area contributed by atoms with Crippen molar-refractivity contribution in [2.45, 2.75) is 19.6 Å². The summed E-state index contributed by atoms with van der Waals surface area (Å²) in [7, 11) is 1.93. The van der Waals surface area contributed by atoms with Crippen LogP contribution in [0.5, 0.6) is 5.88 Å². The van der Waals surface area contributed by atoms with Crippen LogP contribution in [0, 0.1) is 0 Å². The molecule has 0 amide bonds. The van der Waals surface area contributed by atoms with E-state index in [4.69, 9.17) is 4.74 Å². The smallest absolute Gasteiger partial charge is 0.218 e. The van der Waals surface area contributed by atoms with Crippen molar-refractivity contribution in [2.75, 3.05) is 7.05 Å². The molecule has 17 heavy (non-hydrogen) atoms. The molecule has 1 N–H and O–H groups in total. The van der Waals surface area contributed by atoms with Crippen LogP contribution in [0.25, 0.3) is 0 Å². The van der Waals surface area contributed by atoms with Crippen LogP contribution in [0.4, 0.5) is 0 Å². The van der Waals surface area contributed by atoms with Crippen LogP contribution in [-0.4, -0.2) is 12.0 Å². The van der Waals surface area contributed by atoms with Crippen LogP contribution >= 0.6 is 11.3 Å². The van der Waals surface area contributed by atoms with Gasteiger partial charge < -0.3 is 10.1 Å². The van der Waals surface area contributed by atoms with E-state index in [9.17, 15) is 0 Å². The molecular weight excluding hydrogens is 232 g/mol. The number of hydrogen-bond donors (Lipinski definition) is 1. The third kappa shape index (κ3) is 3.05. The van der Waals surface area contributed by atoms with Gasteiger partial charge >= 0.3 is 0 Å². The molecule has 0 aliphatic heterocycles. The summed E-state index contributed by atoms with van der Waals surface area (Å²) in [5, 5.41) is 5.25. The van der Waals surface area contributed by atoms with Gasteiger partial charge in [-0.3, -0.25) is 0 Å². The van der Waals surface area contributed by atoms with Crippen molar-refractivity contribution in [2.24, 2.45) is 0 Å². The van der Waals surface area contributed by atoms with E-state index >= 15 is 0 Å². The number of nitrogens with zero attached hydrogens (tertiary/aromatic N) is 1. The zero-order chi connectivity index (χ0) is 12.1. The lowest BCUT2D eigenvalue weighted by molar-refractivity contribution is 0.291. The van der Waals surface area contributed by atoms with Gasteiger partial charge in [-0.25, -0.2) is 4.98 Å². The first kappa shape index (κ1) is 12.1. The van der Waals surface area contributed by atoms with Crippen LogP contribution < -0.4 is 10.1 Å². The van der Waals surface area contributed by atoms with E-state index in [1.807, 2.05) is 30.6 Å². The first-order valence-corrected chi connectivity index (χ1v) is 6.46. The van der Waals surface area contributed by atoms with Crippen molar-refractivity contribution < 1.29 is 4.74 Å². The van der Waals surface area contributed by atoms with Crippen LogP contribution in [0.1, 0.15) is 23.4 Å². The Hall–Kier alpha value is -1.39. The first-order valence-electron chi connectivity index (χ1n) is 5.58. The van der Waals surface area contributed by atoms with Crippen molar-refractivity contribution in [1.29, 1.82) is 0 Å². The van der Waals surface area contributed by atoms with Crippen LogP contribution in [0.3, 0.4) is 0 Å². The van der Waals surface area contributed by atoms with E-state index in [0.29, 0.717) is 12.5 Å². The molecule has 90 valence electrons. The molecule has 0 bridgehead atoms. The Morgan fingerprint density at radius 1 is 1.41 bits per heavy atom. The molecule has 1 unspecified atom stereocenters. The summed E-state index contributed by atoms with van der Waals surface area (Å²) >= 11 is 1.69. The second-order valence-corrected chi connectivity index (χ2v) is 4.81. The largest absolute Gasteiger partial charge is 0.472 e. The van der Waals surface area contributed by atoms with Gasteiger partial charge in [-0.1, -0.05) is 12.1 Å². The van der Waals surface area contributed by atoms with Gasteiger partial charge in [-0.05, 0) is 31.5 Å². The fourth-order valence-corrected chi connectivity index (χ4v) is 2.16. The second-order valence-electron chi connectivity index (χ2n) is 3.78. The Labute approximate surface area is 105 Å². The summed E-state index contributed by atoms with van der Waals surface area (Å²) < 4.78 is 5.76. The molecule has 0 saturated carbocycles. The summed E-state index contributed by atoms with van der Waals surface area (Å²) in [5.41, 5.74) is 1.09. The Kier molecular flexibility index (Phi) is 4.12. The van der Waals surface area contributed by atoms with E-state index < -0.39 is 0 Å². The van der Waals surface area contributed by atoms with Crippen molar-refractivity contribution in [3.63, 3.8) is 0 Å². The number of nitrogens with one attached hydrogen (secondary N) is 1. The monoisotopic (exact) mass is 248 g/mol. The number of aromatic nitrogens is 1. The molecule has 0 aliphatic carbocycles. The summed E-state index contributed by atoms with van der Waals surface area (Å²) in [6, 6.07) is 8.30. The van der Waals surface area contributed by atoms with Crippen molar-refractivity contribution in [1.82, 2.24) is 10.3 Å². The van der Waals surface area contributed by atoms with Crippen molar-refractivity contribution in [3.8, 4) is 5.88 Å². The van der Waals surface area contributed by atoms with Gasteiger partial charge in [0, 0.05) is 22.7 Å². The number of pyridine rings is 1. The van der Waals surface area contributed by atoms with Gasteiger partial charge in [0.25, 0.3) is 0 Å². The molecule has 2 rings (SSSR count). The molecular formula is C13H16N2OS. The maximum atomic E-state index is 5.76. The number of ether oxygens (including phenoxy) is 1. The maximum Gasteiger partial charge on any atom is 0.218 e. The highest BCUT2D eigenvalue weighted by molar-refractivity contribution is 7.09. The quantitative estimate of drug-likeness (QED) is 0.883. The minimum absolute atomic E-state index is 0.238. The SMILES string of the molecule is CNC(C)c1cccnc1OCc1cccs1. The normalized spacial score (nSPS) is 12.4. The van der Waals surface area contributed by atoms with E-state index in [1.165, 1.54) is 4.88 Å². The predicted octanol–water partition coefficient (Wildman–Crippen LogP) is 3.00. The Balaban J connectivity index is 2.09. The van der Waals surface area contributed by atoms with Crippen molar-refractivity contribution in [3.05, 3.63) is 46.3 Å². The molecule has 0 aliphatic rings. The molecule has 2 heterocycles. The standard InChI is InChI=1S/C13H16N2OS/c1-10(14-2)12-6-3-7-15-13(12)16-9-11-5-4-8-17-11/h3-8,10,14H,9H2,1-2H3.